The third kappa shape index (κ3) is 4.46. The Morgan fingerprint density at radius 1 is 0.740 bits per heavy atom. The number of allylic oxidation sites excluding steroid dienone is 2. The molecule has 4 aromatic rings. The summed E-state index contributed by atoms with van der Waals surface area (Å²) < 4.78 is 13.9. The molecule has 4 amide bonds. The summed E-state index contributed by atoms with van der Waals surface area (Å²) in [5.41, 5.74) is 2.22. The molecule has 2 aliphatic heterocycles. The van der Waals surface area contributed by atoms with Gasteiger partial charge in [0, 0.05) is 17.0 Å². The Labute approximate surface area is 295 Å². The van der Waals surface area contributed by atoms with Gasteiger partial charge in [-0.15, -0.1) is 23.2 Å². The highest BCUT2D eigenvalue weighted by atomic mass is 35.5. The molecule has 0 bridgehead atoms. The van der Waals surface area contributed by atoms with Gasteiger partial charge in [0.2, 0.25) is 11.8 Å². The SMILES string of the molecule is O=C(c1ccccc1)c1ccc(N2C(=O)[C@H]3[C@H](CC=C4[C@H]3C[C@@]3(Cl)C(=O)N(c5ccc(F)cc5)C(=O)[C@@]3(Cl)[C@H]4c3cccc(O)c3)C2=O)cc1. The second-order valence-electron chi connectivity index (χ2n) is 13.1. The van der Waals surface area contributed by atoms with Gasteiger partial charge in [-0.2, -0.15) is 0 Å². The minimum atomic E-state index is -2.10. The molecule has 1 saturated carbocycles. The molecule has 0 unspecified atom stereocenters. The fourth-order valence-electron chi connectivity index (χ4n) is 8.25. The minimum Gasteiger partial charge on any atom is -0.508 e. The standard InChI is InChI=1S/C39H27Cl2FN2O6/c40-38-20-30-28(32(23-7-4-8-27(45)19-23)39(38,41)37(50)44(36(38)49)26-15-11-24(42)12-16-26)17-18-29-31(30)35(48)43(34(29)47)25-13-9-22(10-14-25)33(46)21-5-2-1-3-6-21/h1-17,19,29-32,45H,18,20H2/t29-,30+,31-,32-,38+,39-/m0/s1. The number of amides is 4. The minimum absolute atomic E-state index is 0.0767. The number of hydrogen-bond acceptors (Lipinski definition) is 6. The number of benzene rings is 4. The number of nitrogens with zero attached hydrogens (tertiary/aromatic N) is 2. The van der Waals surface area contributed by atoms with Gasteiger partial charge in [0.25, 0.3) is 11.8 Å². The van der Waals surface area contributed by atoms with E-state index in [9.17, 15) is 33.5 Å². The van der Waals surface area contributed by atoms with Crippen LogP contribution < -0.4 is 9.80 Å². The third-order valence-electron chi connectivity index (χ3n) is 10.5. The monoisotopic (exact) mass is 708 g/mol. The summed E-state index contributed by atoms with van der Waals surface area (Å²) >= 11 is 14.7. The molecule has 8 rings (SSSR count). The molecule has 2 heterocycles. The van der Waals surface area contributed by atoms with E-state index in [-0.39, 0.29) is 30.1 Å². The molecule has 8 nitrogen and oxygen atoms in total. The number of rotatable bonds is 5. The first-order chi connectivity index (χ1) is 24.0. The second-order valence-corrected chi connectivity index (χ2v) is 14.3. The molecule has 0 radical (unpaired) electrons. The summed E-state index contributed by atoms with van der Waals surface area (Å²) in [4.78, 5) is 67.9. The molecule has 0 aromatic heterocycles. The van der Waals surface area contributed by atoms with E-state index in [4.69, 9.17) is 23.2 Å². The summed E-state index contributed by atoms with van der Waals surface area (Å²) in [6, 6.07) is 25.9. The Bertz CT molecular complexity index is 2160. The highest BCUT2D eigenvalue weighted by Gasteiger charge is 2.76. The zero-order valence-electron chi connectivity index (χ0n) is 26.1. The molecule has 2 aliphatic carbocycles. The zero-order chi connectivity index (χ0) is 35.1. The Morgan fingerprint density at radius 3 is 2.06 bits per heavy atom. The van der Waals surface area contributed by atoms with Crippen LogP contribution in [-0.4, -0.2) is 44.3 Å². The molecule has 4 aromatic carbocycles. The van der Waals surface area contributed by atoms with Crippen molar-refractivity contribution in [3.63, 3.8) is 0 Å². The lowest BCUT2D eigenvalue weighted by Crippen LogP contribution is -2.60. The van der Waals surface area contributed by atoms with Crippen LogP contribution in [-0.2, 0) is 19.2 Å². The predicted molar refractivity (Wildman–Crippen MR) is 184 cm³/mol. The number of fused-ring (bicyclic) bond motifs is 4. The van der Waals surface area contributed by atoms with Crippen LogP contribution in [0.25, 0.3) is 0 Å². The van der Waals surface area contributed by atoms with Crippen molar-refractivity contribution in [3.05, 3.63) is 137 Å². The molecule has 4 aliphatic rings. The molecule has 11 heteroatoms. The van der Waals surface area contributed by atoms with Crippen molar-refractivity contribution in [1.82, 2.24) is 0 Å². The summed E-state index contributed by atoms with van der Waals surface area (Å²) in [6.45, 7) is 0. The van der Waals surface area contributed by atoms with Gasteiger partial charge >= 0.3 is 0 Å². The van der Waals surface area contributed by atoms with Crippen LogP contribution in [0, 0.1) is 23.6 Å². The van der Waals surface area contributed by atoms with Gasteiger partial charge in [0.15, 0.2) is 15.5 Å². The van der Waals surface area contributed by atoms with Crippen molar-refractivity contribution in [1.29, 1.82) is 0 Å². The summed E-state index contributed by atoms with van der Waals surface area (Å²) in [5.74, 6) is -7.04. The van der Waals surface area contributed by atoms with E-state index < -0.39 is 62.9 Å². The molecule has 250 valence electrons. The number of carbonyl (C=O) groups is 5. The highest BCUT2D eigenvalue weighted by Crippen LogP contribution is 2.66. The second kappa shape index (κ2) is 11.5. The number of carbonyl (C=O) groups excluding carboxylic acids is 5. The number of imide groups is 2. The van der Waals surface area contributed by atoms with E-state index >= 15 is 0 Å². The number of alkyl halides is 2. The van der Waals surface area contributed by atoms with Crippen molar-refractivity contribution >= 4 is 64.0 Å². The van der Waals surface area contributed by atoms with E-state index in [1.807, 2.05) is 6.07 Å². The number of hydrogen-bond donors (Lipinski definition) is 1. The van der Waals surface area contributed by atoms with Gasteiger partial charge in [-0.3, -0.25) is 28.9 Å². The molecular formula is C39H27Cl2FN2O6. The lowest BCUT2D eigenvalue weighted by atomic mass is 9.56. The smallest absolute Gasteiger partial charge is 0.258 e. The van der Waals surface area contributed by atoms with Crippen molar-refractivity contribution < 1.29 is 33.5 Å². The number of phenolic OH excluding ortho intramolecular Hbond substituents is 1. The van der Waals surface area contributed by atoms with Crippen LogP contribution in [0.2, 0.25) is 0 Å². The molecule has 6 atom stereocenters. The first kappa shape index (κ1) is 32.1. The Hall–Kier alpha value is -5.12. The van der Waals surface area contributed by atoms with Gasteiger partial charge in [-0.25, -0.2) is 9.29 Å². The highest BCUT2D eigenvalue weighted by molar-refractivity contribution is 6.58. The van der Waals surface area contributed by atoms with Gasteiger partial charge in [0.1, 0.15) is 11.6 Å². The Morgan fingerprint density at radius 2 is 1.38 bits per heavy atom. The first-order valence-corrected chi connectivity index (χ1v) is 16.8. The van der Waals surface area contributed by atoms with Crippen LogP contribution in [0.5, 0.6) is 5.75 Å². The molecule has 50 heavy (non-hydrogen) atoms. The lowest BCUT2D eigenvalue weighted by Gasteiger charge is -2.50. The van der Waals surface area contributed by atoms with Crippen LogP contribution in [0.15, 0.2) is 115 Å². The van der Waals surface area contributed by atoms with E-state index in [1.165, 1.54) is 24.3 Å². The maximum atomic E-state index is 14.4. The fraction of sp³-hybridized carbons (Fsp3) is 0.205. The summed E-state index contributed by atoms with van der Waals surface area (Å²) in [7, 11) is 0. The maximum absolute atomic E-state index is 14.4. The zero-order valence-corrected chi connectivity index (χ0v) is 27.6. The molecule has 3 fully saturated rings. The summed E-state index contributed by atoms with van der Waals surface area (Å²) in [5, 5.41) is 10.5. The first-order valence-electron chi connectivity index (χ1n) is 16.0. The molecule has 0 spiro atoms. The number of anilines is 2. The molecule has 1 N–H and O–H groups in total. The fourth-order valence-corrected chi connectivity index (χ4v) is 9.18. The molecular weight excluding hydrogens is 682 g/mol. The van der Waals surface area contributed by atoms with E-state index in [0.29, 0.717) is 28.0 Å². The maximum Gasteiger partial charge on any atom is 0.258 e. The third-order valence-corrected chi connectivity index (χ3v) is 11.9. The Balaban J connectivity index is 1.19. The Kier molecular flexibility index (Phi) is 7.36. The van der Waals surface area contributed by atoms with Gasteiger partial charge < -0.3 is 5.11 Å². The summed E-state index contributed by atoms with van der Waals surface area (Å²) in [6.07, 6.45) is 1.72. The van der Waals surface area contributed by atoms with Crippen molar-refractivity contribution in [2.75, 3.05) is 9.80 Å². The predicted octanol–water partition coefficient (Wildman–Crippen LogP) is 6.53. The van der Waals surface area contributed by atoms with E-state index in [0.717, 1.165) is 21.9 Å². The van der Waals surface area contributed by atoms with Gasteiger partial charge in [0.05, 0.1) is 23.2 Å². The van der Waals surface area contributed by atoms with Crippen LogP contribution >= 0.6 is 23.2 Å². The van der Waals surface area contributed by atoms with E-state index in [1.54, 1.807) is 66.7 Å². The quantitative estimate of drug-likeness (QED) is 0.109. The van der Waals surface area contributed by atoms with Crippen molar-refractivity contribution in [2.24, 2.45) is 17.8 Å². The normalized spacial score (nSPS) is 28.7. The number of ketones is 1. The number of aromatic hydroxyl groups is 1. The number of phenols is 1. The van der Waals surface area contributed by atoms with Crippen LogP contribution in [0.1, 0.15) is 40.2 Å². The van der Waals surface area contributed by atoms with Gasteiger partial charge in [-0.1, -0.05) is 54.1 Å². The van der Waals surface area contributed by atoms with Crippen molar-refractivity contribution in [2.45, 2.75) is 28.5 Å². The molecule has 2 saturated heterocycles. The van der Waals surface area contributed by atoms with Crippen molar-refractivity contribution in [3.8, 4) is 5.75 Å². The van der Waals surface area contributed by atoms with Crippen LogP contribution in [0.4, 0.5) is 15.8 Å². The van der Waals surface area contributed by atoms with Gasteiger partial charge in [-0.05, 0) is 85.0 Å². The average molecular weight is 710 g/mol. The van der Waals surface area contributed by atoms with E-state index in [2.05, 4.69) is 0 Å². The largest absolute Gasteiger partial charge is 0.508 e. The average Bonchev–Trinajstić information content (AvgIpc) is 3.46. The lowest BCUT2D eigenvalue weighted by molar-refractivity contribution is -0.125. The topological polar surface area (TPSA) is 112 Å². The number of halogens is 3. The van der Waals surface area contributed by atoms with Crippen LogP contribution in [0.3, 0.4) is 0 Å².